The number of aromatic nitrogens is 1. The fourth-order valence-corrected chi connectivity index (χ4v) is 1.88. The molecule has 0 fully saturated rings. The van der Waals surface area contributed by atoms with E-state index in [1.165, 1.54) is 18.5 Å². The van der Waals surface area contributed by atoms with Crippen LogP contribution in [0.2, 0.25) is 0 Å². The van der Waals surface area contributed by atoms with Crippen molar-refractivity contribution in [3.05, 3.63) is 24.0 Å². The maximum Gasteiger partial charge on any atom is 0.0571 e. The van der Waals surface area contributed by atoms with Crippen LogP contribution in [0.5, 0.6) is 0 Å². The zero-order valence-electron chi connectivity index (χ0n) is 11.7. The van der Waals surface area contributed by atoms with Crippen molar-refractivity contribution in [2.45, 2.75) is 45.7 Å². The summed E-state index contributed by atoms with van der Waals surface area (Å²) >= 11 is 0. The van der Waals surface area contributed by atoms with Crippen LogP contribution in [0, 0.1) is 0 Å². The molecule has 1 N–H and O–H groups in total. The summed E-state index contributed by atoms with van der Waals surface area (Å²) in [4.78, 5) is 6.80. The number of pyridine rings is 1. The monoisotopic (exact) mass is 235 g/mol. The van der Waals surface area contributed by atoms with Crippen LogP contribution in [0.1, 0.15) is 45.3 Å². The van der Waals surface area contributed by atoms with Gasteiger partial charge in [0.1, 0.15) is 0 Å². The number of nitrogens with one attached hydrogen (secondary N) is 1. The molecule has 1 heterocycles. The summed E-state index contributed by atoms with van der Waals surface area (Å²) in [6, 6.07) is 5.13. The van der Waals surface area contributed by atoms with E-state index in [4.69, 9.17) is 0 Å². The first-order valence-electron chi connectivity index (χ1n) is 6.46. The van der Waals surface area contributed by atoms with Gasteiger partial charge in [-0.25, -0.2) is 0 Å². The van der Waals surface area contributed by atoms with Gasteiger partial charge in [-0.3, -0.25) is 4.98 Å². The maximum atomic E-state index is 4.51. The zero-order valence-corrected chi connectivity index (χ0v) is 11.7. The summed E-state index contributed by atoms with van der Waals surface area (Å²) in [5.74, 6) is 0. The molecule has 0 spiro atoms. The lowest BCUT2D eigenvalue weighted by Gasteiger charge is -2.26. The molecule has 2 atom stereocenters. The molecule has 0 aliphatic carbocycles. The van der Waals surface area contributed by atoms with Crippen LogP contribution in [0.15, 0.2) is 18.3 Å². The molecule has 0 bridgehead atoms. The second-order valence-corrected chi connectivity index (χ2v) is 4.70. The normalized spacial score (nSPS) is 14.4. The van der Waals surface area contributed by atoms with Crippen LogP contribution in [-0.2, 0) is 0 Å². The highest BCUT2D eigenvalue weighted by molar-refractivity contribution is 5.44. The van der Waals surface area contributed by atoms with Crippen LogP contribution in [0.4, 0.5) is 5.69 Å². The summed E-state index contributed by atoms with van der Waals surface area (Å²) in [5.41, 5.74) is 2.28. The van der Waals surface area contributed by atoms with E-state index in [9.17, 15) is 0 Å². The van der Waals surface area contributed by atoms with Crippen molar-refractivity contribution in [1.82, 2.24) is 10.3 Å². The van der Waals surface area contributed by atoms with Crippen molar-refractivity contribution < 1.29 is 0 Å². The molecule has 0 saturated heterocycles. The van der Waals surface area contributed by atoms with Crippen molar-refractivity contribution in [3.8, 4) is 0 Å². The number of hydrogen-bond acceptors (Lipinski definition) is 3. The predicted molar refractivity (Wildman–Crippen MR) is 74.5 cm³/mol. The van der Waals surface area contributed by atoms with E-state index in [1.54, 1.807) is 0 Å². The molecule has 0 radical (unpaired) electrons. The Hall–Kier alpha value is -1.09. The van der Waals surface area contributed by atoms with E-state index in [0.717, 1.165) is 5.69 Å². The van der Waals surface area contributed by atoms with E-state index in [2.05, 4.69) is 55.2 Å². The van der Waals surface area contributed by atoms with E-state index in [0.29, 0.717) is 12.1 Å². The Bertz CT molecular complexity index is 321. The molecule has 3 nitrogen and oxygen atoms in total. The van der Waals surface area contributed by atoms with Crippen LogP contribution < -0.4 is 10.2 Å². The van der Waals surface area contributed by atoms with Gasteiger partial charge in [-0.15, -0.1) is 0 Å². The van der Waals surface area contributed by atoms with Gasteiger partial charge >= 0.3 is 0 Å². The Morgan fingerprint density at radius 1 is 1.35 bits per heavy atom. The van der Waals surface area contributed by atoms with Gasteiger partial charge in [0.15, 0.2) is 0 Å². The molecule has 2 unspecified atom stereocenters. The molecular weight excluding hydrogens is 210 g/mol. The van der Waals surface area contributed by atoms with Crippen molar-refractivity contribution in [2.75, 3.05) is 19.0 Å². The van der Waals surface area contributed by atoms with Crippen molar-refractivity contribution in [2.24, 2.45) is 0 Å². The largest absolute Gasteiger partial charge is 0.371 e. The smallest absolute Gasteiger partial charge is 0.0571 e. The lowest BCUT2D eigenvalue weighted by Crippen LogP contribution is -2.28. The first-order valence-corrected chi connectivity index (χ1v) is 6.46. The predicted octanol–water partition coefficient (Wildman–Crippen LogP) is 2.99. The van der Waals surface area contributed by atoms with E-state index in [1.807, 2.05) is 13.2 Å². The van der Waals surface area contributed by atoms with Crippen molar-refractivity contribution in [3.63, 3.8) is 0 Å². The van der Waals surface area contributed by atoms with E-state index in [-0.39, 0.29) is 0 Å². The summed E-state index contributed by atoms with van der Waals surface area (Å²) in [5, 5.41) is 3.20. The van der Waals surface area contributed by atoms with Crippen LogP contribution in [0.3, 0.4) is 0 Å². The molecule has 0 saturated carbocycles. The van der Waals surface area contributed by atoms with Gasteiger partial charge in [-0.05, 0) is 39.4 Å². The van der Waals surface area contributed by atoms with Gasteiger partial charge in [0.2, 0.25) is 0 Å². The third-order valence-electron chi connectivity index (χ3n) is 3.42. The standard InChI is InChI=1S/C14H25N3/c1-6-7-11(2)17(5)13-8-9-14(16-10-13)12(3)15-4/h8-12,15H,6-7H2,1-5H3. The molecule has 0 aromatic carbocycles. The summed E-state index contributed by atoms with van der Waals surface area (Å²) in [6.45, 7) is 6.60. The summed E-state index contributed by atoms with van der Waals surface area (Å²) in [7, 11) is 4.09. The lowest BCUT2D eigenvalue weighted by molar-refractivity contribution is 0.612. The topological polar surface area (TPSA) is 28.2 Å². The van der Waals surface area contributed by atoms with Gasteiger partial charge < -0.3 is 10.2 Å². The van der Waals surface area contributed by atoms with E-state index < -0.39 is 0 Å². The molecular formula is C14H25N3. The highest BCUT2D eigenvalue weighted by Crippen LogP contribution is 2.18. The van der Waals surface area contributed by atoms with Crippen molar-refractivity contribution in [1.29, 1.82) is 0 Å². The van der Waals surface area contributed by atoms with Gasteiger partial charge in [0, 0.05) is 19.1 Å². The Kier molecular flexibility index (Phi) is 5.42. The number of nitrogens with zero attached hydrogens (tertiary/aromatic N) is 2. The number of anilines is 1. The lowest BCUT2D eigenvalue weighted by atomic mass is 10.1. The van der Waals surface area contributed by atoms with E-state index >= 15 is 0 Å². The quantitative estimate of drug-likeness (QED) is 0.821. The van der Waals surface area contributed by atoms with Crippen molar-refractivity contribution >= 4 is 5.69 Å². The minimum Gasteiger partial charge on any atom is -0.371 e. The van der Waals surface area contributed by atoms with Gasteiger partial charge in [0.25, 0.3) is 0 Å². The molecule has 0 aliphatic rings. The van der Waals surface area contributed by atoms with Gasteiger partial charge in [-0.1, -0.05) is 13.3 Å². The first-order chi connectivity index (χ1) is 8.10. The molecule has 3 heteroatoms. The SMILES string of the molecule is CCCC(C)N(C)c1ccc(C(C)NC)nc1. The van der Waals surface area contributed by atoms with Gasteiger partial charge in [-0.2, -0.15) is 0 Å². The van der Waals surface area contributed by atoms with Crippen LogP contribution in [0.25, 0.3) is 0 Å². The minimum absolute atomic E-state index is 0.308. The average molecular weight is 235 g/mol. The fraction of sp³-hybridized carbons (Fsp3) is 0.643. The highest BCUT2D eigenvalue weighted by atomic mass is 15.1. The molecule has 96 valence electrons. The second kappa shape index (κ2) is 6.60. The molecule has 1 aromatic rings. The minimum atomic E-state index is 0.308. The Balaban J connectivity index is 2.73. The first kappa shape index (κ1) is 14.0. The third-order valence-corrected chi connectivity index (χ3v) is 3.42. The molecule has 0 aliphatic heterocycles. The third kappa shape index (κ3) is 3.70. The molecule has 17 heavy (non-hydrogen) atoms. The second-order valence-electron chi connectivity index (χ2n) is 4.70. The Labute approximate surface area is 105 Å². The van der Waals surface area contributed by atoms with Crippen LogP contribution >= 0.6 is 0 Å². The molecule has 0 amide bonds. The van der Waals surface area contributed by atoms with Gasteiger partial charge in [0.05, 0.1) is 17.6 Å². The molecule has 1 rings (SSSR count). The number of rotatable bonds is 6. The highest BCUT2D eigenvalue weighted by Gasteiger charge is 2.10. The zero-order chi connectivity index (χ0) is 12.8. The average Bonchev–Trinajstić information content (AvgIpc) is 2.37. The van der Waals surface area contributed by atoms with Crippen LogP contribution in [-0.4, -0.2) is 25.1 Å². The molecule has 1 aromatic heterocycles. The Morgan fingerprint density at radius 3 is 2.53 bits per heavy atom. The summed E-state index contributed by atoms with van der Waals surface area (Å²) < 4.78 is 0. The number of hydrogen-bond donors (Lipinski definition) is 1. The fourth-order valence-electron chi connectivity index (χ4n) is 1.88. The Morgan fingerprint density at radius 2 is 2.06 bits per heavy atom. The maximum absolute atomic E-state index is 4.51. The summed E-state index contributed by atoms with van der Waals surface area (Å²) in [6.07, 6.45) is 4.40.